The van der Waals surface area contributed by atoms with Gasteiger partial charge in [-0.1, -0.05) is 34.1 Å². The zero-order valence-electron chi connectivity index (χ0n) is 19.2. The van der Waals surface area contributed by atoms with Gasteiger partial charge in [0, 0.05) is 46.1 Å². The highest BCUT2D eigenvalue weighted by atomic mass is 79.9. The number of nitro benzene ring substituents is 1. The zero-order chi connectivity index (χ0) is 25.9. The number of fused-ring (bicyclic) bond motifs is 1. The van der Waals surface area contributed by atoms with E-state index in [1.165, 1.54) is 24.6 Å². The first-order valence-electron chi connectivity index (χ1n) is 11.2. The second kappa shape index (κ2) is 10.3. The molecule has 186 valence electrons. The van der Waals surface area contributed by atoms with Crippen molar-refractivity contribution in [1.82, 2.24) is 14.8 Å². The Morgan fingerprint density at radius 2 is 1.86 bits per heavy atom. The van der Waals surface area contributed by atoms with Gasteiger partial charge in [0.2, 0.25) is 0 Å². The monoisotopic (exact) mass is 562 g/mol. The molecule has 0 saturated carbocycles. The molecule has 0 spiro atoms. The van der Waals surface area contributed by atoms with Crippen molar-refractivity contribution in [2.75, 3.05) is 13.2 Å². The maximum absolute atomic E-state index is 13.6. The van der Waals surface area contributed by atoms with E-state index in [0.29, 0.717) is 40.0 Å². The SMILES string of the molecule is O=c1c2ccccc2c(-c2cc(Br)cc(-c3cnco3)c2)nn1-c1cc(OCCCO)ccc1[N+](=O)[O-]. The largest absolute Gasteiger partial charge is 0.493 e. The molecule has 2 aromatic heterocycles. The Hall–Kier alpha value is -4.35. The van der Waals surface area contributed by atoms with Crippen molar-refractivity contribution in [3.63, 3.8) is 0 Å². The van der Waals surface area contributed by atoms with Gasteiger partial charge in [-0.15, -0.1) is 0 Å². The standard InChI is InChI=1S/C26H19BrN4O6/c27-18-11-16(24-14-28-15-37-24)10-17(12-18)25-20-4-1-2-5-21(20)26(33)30(29-25)23-13-19(36-9-3-8-32)6-7-22(23)31(34)35/h1-2,4-7,10-15,32H,3,8-9H2. The van der Waals surface area contributed by atoms with Crippen LogP contribution in [0.4, 0.5) is 5.69 Å². The molecule has 5 aromatic rings. The van der Waals surface area contributed by atoms with Crippen LogP contribution in [0.5, 0.6) is 5.75 Å². The number of aliphatic hydroxyl groups is 1. The van der Waals surface area contributed by atoms with Crippen LogP contribution in [-0.2, 0) is 0 Å². The van der Waals surface area contributed by atoms with Crippen LogP contribution in [0.25, 0.3) is 39.0 Å². The predicted octanol–water partition coefficient (Wildman–Crippen LogP) is 5.14. The highest BCUT2D eigenvalue weighted by Crippen LogP contribution is 2.34. The number of oxazole rings is 1. The summed E-state index contributed by atoms with van der Waals surface area (Å²) in [7, 11) is 0. The molecular formula is C26H19BrN4O6. The highest BCUT2D eigenvalue weighted by Gasteiger charge is 2.22. The van der Waals surface area contributed by atoms with Gasteiger partial charge >= 0.3 is 0 Å². The van der Waals surface area contributed by atoms with Crippen LogP contribution < -0.4 is 10.3 Å². The van der Waals surface area contributed by atoms with Crippen LogP contribution in [0.3, 0.4) is 0 Å². The molecule has 1 N–H and O–H groups in total. The summed E-state index contributed by atoms with van der Waals surface area (Å²) in [6.45, 7) is 0.152. The fourth-order valence-corrected chi connectivity index (χ4v) is 4.46. The summed E-state index contributed by atoms with van der Waals surface area (Å²) in [5.41, 5.74) is 0.981. The molecule has 0 amide bonds. The Kier molecular flexibility index (Phi) is 6.80. The van der Waals surface area contributed by atoms with Gasteiger partial charge in [-0.3, -0.25) is 14.9 Å². The van der Waals surface area contributed by atoms with Gasteiger partial charge in [0.1, 0.15) is 11.4 Å². The quantitative estimate of drug-likeness (QED) is 0.156. The van der Waals surface area contributed by atoms with E-state index in [1.54, 1.807) is 30.5 Å². The number of rotatable bonds is 8. The molecule has 0 radical (unpaired) electrons. The minimum Gasteiger partial charge on any atom is -0.493 e. The maximum Gasteiger partial charge on any atom is 0.295 e. The Labute approximate surface area is 218 Å². The summed E-state index contributed by atoms with van der Waals surface area (Å²) in [6.07, 6.45) is 3.31. The first kappa shape index (κ1) is 24.3. The third-order valence-electron chi connectivity index (χ3n) is 5.64. The van der Waals surface area contributed by atoms with Crippen molar-refractivity contribution in [2.24, 2.45) is 0 Å². The van der Waals surface area contributed by atoms with Crippen molar-refractivity contribution in [1.29, 1.82) is 0 Å². The summed E-state index contributed by atoms with van der Waals surface area (Å²) in [6, 6.07) is 16.6. The van der Waals surface area contributed by atoms with Gasteiger partial charge in [0.05, 0.1) is 28.8 Å². The molecule has 0 fully saturated rings. The van der Waals surface area contributed by atoms with Gasteiger partial charge in [-0.05, 0) is 30.3 Å². The molecule has 0 atom stereocenters. The van der Waals surface area contributed by atoms with Crippen LogP contribution in [0, 0.1) is 10.1 Å². The fourth-order valence-electron chi connectivity index (χ4n) is 3.96. The van der Waals surface area contributed by atoms with Crippen LogP contribution in [0.2, 0.25) is 0 Å². The van der Waals surface area contributed by atoms with Gasteiger partial charge < -0.3 is 14.3 Å². The zero-order valence-corrected chi connectivity index (χ0v) is 20.8. The molecule has 3 aromatic carbocycles. The molecule has 5 rings (SSSR count). The number of nitro groups is 1. The molecule has 0 aliphatic heterocycles. The van der Waals surface area contributed by atoms with E-state index in [1.807, 2.05) is 18.2 Å². The van der Waals surface area contributed by atoms with E-state index in [0.717, 1.165) is 14.7 Å². The molecule has 0 unspecified atom stereocenters. The van der Waals surface area contributed by atoms with Crippen molar-refractivity contribution in [3.05, 3.63) is 98.2 Å². The molecule has 11 heteroatoms. The minimum atomic E-state index is -0.572. The van der Waals surface area contributed by atoms with Gasteiger partial charge in [0.15, 0.2) is 12.2 Å². The van der Waals surface area contributed by atoms with E-state index in [-0.39, 0.29) is 24.6 Å². The summed E-state index contributed by atoms with van der Waals surface area (Å²) in [5, 5.41) is 26.5. The van der Waals surface area contributed by atoms with Gasteiger partial charge in [-0.2, -0.15) is 9.78 Å². The van der Waals surface area contributed by atoms with Gasteiger partial charge in [0.25, 0.3) is 11.2 Å². The van der Waals surface area contributed by atoms with Crippen LogP contribution in [-0.4, -0.2) is 38.0 Å². The lowest BCUT2D eigenvalue weighted by Crippen LogP contribution is -2.23. The molecular weight excluding hydrogens is 544 g/mol. The number of hydrogen-bond acceptors (Lipinski definition) is 8. The number of benzene rings is 3. The Balaban J connectivity index is 1.76. The average Bonchev–Trinajstić information content (AvgIpc) is 3.44. The number of aliphatic hydroxyl groups excluding tert-OH is 1. The van der Waals surface area contributed by atoms with Crippen molar-refractivity contribution < 1.29 is 19.2 Å². The van der Waals surface area contributed by atoms with E-state index >= 15 is 0 Å². The Bertz CT molecular complexity index is 1670. The van der Waals surface area contributed by atoms with E-state index in [2.05, 4.69) is 26.0 Å². The Morgan fingerprint density at radius 1 is 1.08 bits per heavy atom. The summed E-state index contributed by atoms with van der Waals surface area (Å²) < 4.78 is 12.8. The normalized spacial score (nSPS) is 11.1. The van der Waals surface area contributed by atoms with Crippen LogP contribution in [0.15, 0.2) is 86.9 Å². The lowest BCUT2D eigenvalue weighted by Gasteiger charge is -2.14. The minimum absolute atomic E-state index is 0.0334. The smallest absolute Gasteiger partial charge is 0.295 e. The number of hydrogen-bond donors (Lipinski definition) is 1. The fraction of sp³-hybridized carbons (Fsp3) is 0.115. The third kappa shape index (κ3) is 4.86. The molecule has 0 bridgehead atoms. The summed E-state index contributed by atoms with van der Waals surface area (Å²) in [4.78, 5) is 28.8. The summed E-state index contributed by atoms with van der Waals surface area (Å²) in [5.74, 6) is 0.857. The maximum atomic E-state index is 13.6. The predicted molar refractivity (Wildman–Crippen MR) is 140 cm³/mol. The summed E-state index contributed by atoms with van der Waals surface area (Å²) >= 11 is 3.53. The molecule has 0 aliphatic carbocycles. The van der Waals surface area contributed by atoms with Crippen LogP contribution in [0.1, 0.15) is 6.42 Å². The number of ether oxygens (including phenoxy) is 1. The van der Waals surface area contributed by atoms with Crippen molar-refractivity contribution in [3.8, 4) is 34.0 Å². The van der Waals surface area contributed by atoms with Gasteiger partial charge in [-0.25, -0.2) is 4.98 Å². The van der Waals surface area contributed by atoms with E-state index in [9.17, 15) is 14.9 Å². The number of aromatic nitrogens is 3. The lowest BCUT2D eigenvalue weighted by atomic mass is 10.0. The molecule has 0 saturated heterocycles. The first-order chi connectivity index (χ1) is 18.0. The van der Waals surface area contributed by atoms with E-state index in [4.69, 9.17) is 14.3 Å². The first-order valence-corrected chi connectivity index (χ1v) is 12.0. The highest BCUT2D eigenvalue weighted by molar-refractivity contribution is 9.10. The second-order valence-electron chi connectivity index (χ2n) is 8.04. The van der Waals surface area contributed by atoms with Crippen LogP contribution >= 0.6 is 15.9 Å². The number of halogens is 1. The molecule has 2 heterocycles. The second-order valence-corrected chi connectivity index (χ2v) is 8.95. The number of nitrogens with zero attached hydrogens (tertiary/aromatic N) is 4. The Morgan fingerprint density at radius 3 is 2.59 bits per heavy atom. The molecule has 37 heavy (non-hydrogen) atoms. The third-order valence-corrected chi connectivity index (χ3v) is 6.09. The molecule has 10 nitrogen and oxygen atoms in total. The average molecular weight is 563 g/mol. The van der Waals surface area contributed by atoms with E-state index < -0.39 is 10.5 Å². The lowest BCUT2D eigenvalue weighted by molar-refractivity contribution is -0.384. The molecule has 0 aliphatic rings. The van der Waals surface area contributed by atoms with Crippen molar-refractivity contribution >= 4 is 32.4 Å². The topological polar surface area (TPSA) is 134 Å². The van der Waals surface area contributed by atoms with Crippen molar-refractivity contribution in [2.45, 2.75) is 6.42 Å².